The van der Waals surface area contributed by atoms with Gasteiger partial charge in [0.15, 0.2) is 5.15 Å². The molecule has 23 heavy (non-hydrogen) atoms. The van der Waals surface area contributed by atoms with E-state index in [1.54, 1.807) is 34.9 Å². The lowest BCUT2D eigenvalue weighted by molar-refractivity contribution is 0.536. The molecule has 0 bridgehead atoms. The van der Waals surface area contributed by atoms with E-state index in [0.29, 0.717) is 22.6 Å². The zero-order valence-corrected chi connectivity index (χ0v) is 13.2. The molecule has 0 saturated heterocycles. The highest BCUT2D eigenvalue weighted by molar-refractivity contribution is 7.78. The lowest BCUT2D eigenvalue weighted by Crippen LogP contribution is -2.01. The Balaban J connectivity index is 2.05. The predicted octanol–water partition coefficient (Wildman–Crippen LogP) is 3.11. The maximum atomic E-state index is 14.0. The largest absolute Gasteiger partial charge is 0.772 e. The second-order valence-electron chi connectivity index (χ2n) is 4.71. The molecule has 5 nitrogen and oxygen atoms in total. The Hall–Kier alpha value is -2.09. The molecule has 1 unspecified atom stereocenters. The topological polar surface area (TPSA) is 70.8 Å². The van der Waals surface area contributed by atoms with Gasteiger partial charge in [0, 0.05) is 17.5 Å². The summed E-state index contributed by atoms with van der Waals surface area (Å²) in [5.41, 5.74) is 1.25. The number of pyridine rings is 1. The third-order valence-corrected chi connectivity index (χ3v) is 4.04. The summed E-state index contributed by atoms with van der Waals surface area (Å²) in [5, 5.41) is 0.154. The average molecular weight is 351 g/mol. The molecule has 2 heterocycles. The summed E-state index contributed by atoms with van der Waals surface area (Å²) >= 11 is 3.91. The lowest BCUT2D eigenvalue weighted by Gasteiger charge is -2.10. The highest BCUT2D eigenvalue weighted by Gasteiger charge is 2.16. The van der Waals surface area contributed by atoms with E-state index in [1.807, 2.05) is 0 Å². The molecular weight excluding hydrogens is 341 g/mol. The zero-order chi connectivity index (χ0) is 16.4. The second-order valence-corrected chi connectivity index (χ2v) is 5.96. The minimum atomic E-state index is -2.18. The molecule has 8 heteroatoms. The summed E-state index contributed by atoms with van der Waals surface area (Å²) < 4.78 is 37.0. The fourth-order valence-electron chi connectivity index (χ4n) is 2.18. The summed E-state index contributed by atoms with van der Waals surface area (Å²) in [6, 6.07) is 9.49. The molecule has 1 atom stereocenters. The number of hydrogen-bond acceptors (Lipinski definition) is 4. The van der Waals surface area contributed by atoms with Gasteiger partial charge in [-0.05, 0) is 23.8 Å². The van der Waals surface area contributed by atoms with Crippen molar-refractivity contribution in [2.45, 2.75) is 5.75 Å². The van der Waals surface area contributed by atoms with Gasteiger partial charge in [-0.25, -0.2) is 14.4 Å². The Morgan fingerprint density at radius 2 is 2.00 bits per heavy atom. The van der Waals surface area contributed by atoms with Crippen molar-refractivity contribution >= 4 is 22.7 Å². The monoisotopic (exact) mass is 350 g/mol. The van der Waals surface area contributed by atoms with Crippen LogP contribution in [0.3, 0.4) is 0 Å². The smallest absolute Gasteiger partial charge is 0.155 e. The van der Waals surface area contributed by atoms with Gasteiger partial charge in [0.1, 0.15) is 18.0 Å². The fraction of sp³-hybridized carbons (Fsp3) is 0.0667. The quantitative estimate of drug-likeness (QED) is 0.678. The maximum absolute atomic E-state index is 14.0. The molecule has 0 fully saturated rings. The Morgan fingerprint density at radius 1 is 1.22 bits per heavy atom. The van der Waals surface area contributed by atoms with E-state index in [2.05, 4.69) is 9.97 Å². The third-order valence-electron chi connectivity index (χ3n) is 3.19. The van der Waals surface area contributed by atoms with E-state index >= 15 is 0 Å². The molecule has 0 aliphatic carbocycles. The first-order valence-corrected chi connectivity index (χ1v) is 8.17. The van der Waals surface area contributed by atoms with E-state index in [9.17, 15) is 13.2 Å². The Labute approximate surface area is 139 Å². The van der Waals surface area contributed by atoms with Crippen LogP contribution in [0, 0.1) is 5.82 Å². The molecule has 0 amide bonds. The average Bonchev–Trinajstić information content (AvgIpc) is 2.90. The van der Waals surface area contributed by atoms with E-state index < -0.39 is 16.9 Å². The van der Waals surface area contributed by atoms with Crippen molar-refractivity contribution in [3.8, 4) is 17.1 Å². The van der Waals surface area contributed by atoms with Crippen LogP contribution >= 0.6 is 11.6 Å². The number of hydrogen-bond donors (Lipinski definition) is 0. The van der Waals surface area contributed by atoms with Crippen molar-refractivity contribution in [1.29, 1.82) is 0 Å². The van der Waals surface area contributed by atoms with Gasteiger partial charge in [0.25, 0.3) is 0 Å². The first-order valence-electron chi connectivity index (χ1n) is 6.55. The molecule has 118 valence electrons. The number of imidazole rings is 1. The van der Waals surface area contributed by atoms with Gasteiger partial charge in [-0.2, -0.15) is 0 Å². The Kier molecular flexibility index (Phi) is 4.51. The number of nitrogens with zero attached hydrogens (tertiary/aromatic N) is 3. The number of rotatable bonds is 4. The van der Waals surface area contributed by atoms with Crippen molar-refractivity contribution in [2.24, 2.45) is 0 Å². The van der Waals surface area contributed by atoms with Crippen LogP contribution in [-0.4, -0.2) is 23.3 Å². The summed E-state index contributed by atoms with van der Waals surface area (Å²) in [6.07, 6.45) is 2.89. The van der Waals surface area contributed by atoms with Gasteiger partial charge in [-0.3, -0.25) is 8.78 Å². The van der Waals surface area contributed by atoms with Crippen LogP contribution in [0.2, 0.25) is 5.15 Å². The minimum Gasteiger partial charge on any atom is -0.772 e. The van der Waals surface area contributed by atoms with E-state index in [-0.39, 0.29) is 10.9 Å². The highest BCUT2D eigenvalue weighted by Crippen LogP contribution is 2.30. The van der Waals surface area contributed by atoms with Gasteiger partial charge >= 0.3 is 0 Å². The first-order chi connectivity index (χ1) is 11.1. The molecule has 3 rings (SSSR count). The van der Waals surface area contributed by atoms with Crippen LogP contribution in [0.15, 0.2) is 48.9 Å². The van der Waals surface area contributed by atoms with Gasteiger partial charge in [-0.1, -0.05) is 40.9 Å². The molecule has 2 aromatic heterocycles. The molecule has 0 aliphatic heterocycles. The molecular formula is C15H10ClFN3O2S-. The Morgan fingerprint density at radius 3 is 2.65 bits per heavy atom. The minimum absolute atomic E-state index is 0.113. The van der Waals surface area contributed by atoms with Gasteiger partial charge < -0.3 is 4.55 Å². The predicted molar refractivity (Wildman–Crippen MR) is 84.4 cm³/mol. The van der Waals surface area contributed by atoms with Crippen molar-refractivity contribution < 1.29 is 13.2 Å². The third kappa shape index (κ3) is 3.31. The maximum Gasteiger partial charge on any atom is 0.155 e. The SMILES string of the molecule is O=S([O-])Cc1ccc(-n2cnc(Cl)c2-c2ccccc2F)nc1. The molecule has 3 aromatic rings. The summed E-state index contributed by atoms with van der Waals surface area (Å²) in [5.74, 6) is -0.0735. The van der Waals surface area contributed by atoms with E-state index in [4.69, 9.17) is 11.6 Å². The molecule has 0 N–H and O–H groups in total. The van der Waals surface area contributed by atoms with Crippen LogP contribution in [0.5, 0.6) is 0 Å². The molecule has 0 spiro atoms. The van der Waals surface area contributed by atoms with E-state index in [0.717, 1.165) is 0 Å². The van der Waals surface area contributed by atoms with Crippen LogP contribution in [0.1, 0.15) is 5.56 Å². The molecule has 1 aromatic carbocycles. The fourth-order valence-corrected chi connectivity index (χ4v) is 2.85. The number of halogens is 2. The molecule has 0 aliphatic rings. The van der Waals surface area contributed by atoms with Gasteiger partial charge in [0.2, 0.25) is 0 Å². The summed E-state index contributed by atoms with van der Waals surface area (Å²) in [4.78, 5) is 8.20. The van der Waals surface area contributed by atoms with Crippen LogP contribution in [0.25, 0.3) is 17.1 Å². The zero-order valence-electron chi connectivity index (χ0n) is 11.6. The summed E-state index contributed by atoms with van der Waals surface area (Å²) in [6.45, 7) is 0. The van der Waals surface area contributed by atoms with Crippen molar-refractivity contribution in [2.75, 3.05) is 0 Å². The number of benzene rings is 1. The summed E-state index contributed by atoms with van der Waals surface area (Å²) in [7, 11) is 0. The normalized spacial score (nSPS) is 12.3. The van der Waals surface area contributed by atoms with Gasteiger partial charge in [-0.15, -0.1) is 0 Å². The van der Waals surface area contributed by atoms with Gasteiger partial charge in [0.05, 0.1) is 5.69 Å². The van der Waals surface area contributed by atoms with Crippen molar-refractivity contribution in [3.05, 3.63) is 65.5 Å². The van der Waals surface area contributed by atoms with Crippen LogP contribution in [0.4, 0.5) is 4.39 Å². The molecule has 0 saturated carbocycles. The lowest BCUT2D eigenvalue weighted by atomic mass is 10.1. The van der Waals surface area contributed by atoms with E-state index in [1.165, 1.54) is 18.6 Å². The number of aromatic nitrogens is 3. The first kappa shape index (κ1) is 15.8. The highest BCUT2D eigenvalue weighted by atomic mass is 35.5. The molecule has 0 radical (unpaired) electrons. The van der Waals surface area contributed by atoms with Crippen LogP contribution in [-0.2, 0) is 16.8 Å². The Bertz CT molecular complexity index is 867. The second kappa shape index (κ2) is 6.57. The van der Waals surface area contributed by atoms with Crippen molar-refractivity contribution in [3.63, 3.8) is 0 Å². The van der Waals surface area contributed by atoms with Crippen molar-refractivity contribution in [1.82, 2.24) is 14.5 Å². The standard InChI is InChI=1S/C15H11ClFN3O2S/c16-15-14(11-3-1-2-4-12(11)17)20(9-19-15)13-6-5-10(7-18-13)8-23(21)22/h1-7,9H,8H2,(H,21,22)/p-1. The van der Waals surface area contributed by atoms with Crippen LogP contribution < -0.4 is 0 Å².